The first-order valence-corrected chi connectivity index (χ1v) is 9.54. The van der Waals surface area contributed by atoms with Crippen LogP contribution in [0.5, 0.6) is 11.5 Å². The van der Waals surface area contributed by atoms with Gasteiger partial charge in [0.05, 0.1) is 14.2 Å². The molecule has 2 fully saturated rings. The maximum absolute atomic E-state index is 12.5. The minimum absolute atomic E-state index is 0.00979. The van der Waals surface area contributed by atoms with E-state index >= 15 is 0 Å². The highest BCUT2D eigenvalue weighted by molar-refractivity contribution is 5.80. The van der Waals surface area contributed by atoms with Crippen molar-refractivity contribution in [3.63, 3.8) is 0 Å². The number of methoxy groups -OCH3 is 2. The summed E-state index contributed by atoms with van der Waals surface area (Å²) < 4.78 is 16.1. The molecule has 0 bridgehead atoms. The van der Waals surface area contributed by atoms with E-state index in [1.54, 1.807) is 20.3 Å². The van der Waals surface area contributed by atoms with E-state index in [-0.39, 0.29) is 11.8 Å². The third-order valence-electron chi connectivity index (χ3n) is 5.58. The normalized spacial score (nSPS) is 20.9. The lowest BCUT2D eigenvalue weighted by Gasteiger charge is -2.31. The van der Waals surface area contributed by atoms with Gasteiger partial charge in [0.25, 0.3) is 5.89 Å². The molecule has 1 aromatic heterocycles. The molecule has 7 heteroatoms. The third kappa shape index (κ3) is 3.63. The quantitative estimate of drug-likeness (QED) is 0.802. The zero-order valence-electron chi connectivity index (χ0n) is 15.8. The number of carbonyl (C=O) groups is 1. The van der Waals surface area contributed by atoms with Crippen LogP contribution in [0, 0.1) is 0 Å². The number of carbonyl (C=O) groups excluding carboxylic acids is 1. The second-order valence-electron chi connectivity index (χ2n) is 7.30. The lowest BCUT2D eigenvalue weighted by Crippen LogP contribution is -2.37. The fourth-order valence-electron chi connectivity index (χ4n) is 4.10. The molecule has 1 aromatic carbocycles. The molecule has 0 N–H and O–H groups in total. The van der Waals surface area contributed by atoms with Crippen molar-refractivity contribution in [3.05, 3.63) is 24.0 Å². The number of nitrogens with zero attached hydrogens (tertiary/aromatic N) is 3. The molecule has 7 nitrogen and oxygen atoms in total. The second kappa shape index (κ2) is 7.58. The van der Waals surface area contributed by atoms with Gasteiger partial charge in [0, 0.05) is 36.6 Å². The highest BCUT2D eigenvalue weighted by Gasteiger charge is 2.37. The molecule has 1 amide bonds. The van der Waals surface area contributed by atoms with Crippen LogP contribution in [-0.4, -0.2) is 47.8 Å². The van der Waals surface area contributed by atoms with E-state index in [0.717, 1.165) is 18.4 Å². The molecule has 1 aliphatic carbocycles. The highest BCUT2D eigenvalue weighted by atomic mass is 16.5. The van der Waals surface area contributed by atoms with E-state index < -0.39 is 0 Å². The van der Waals surface area contributed by atoms with Gasteiger partial charge in [-0.15, -0.1) is 0 Å². The molecular weight excluding hydrogens is 346 g/mol. The van der Waals surface area contributed by atoms with Crippen LogP contribution < -0.4 is 9.47 Å². The molecule has 1 atom stereocenters. The van der Waals surface area contributed by atoms with Crippen LogP contribution in [0.15, 0.2) is 22.7 Å². The monoisotopic (exact) mass is 371 g/mol. The molecule has 4 rings (SSSR count). The van der Waals surface area contributed by atoms with Crippen molar-refractivity contribution in [1.82, 2.24) is 15.0 Å². The fraction of sp³-hybridized carbons (Fsp3) is 0.550. The Kier molecular flexibility index (Phi) is 5.01. The summed E-state index contributed by atoms with van der Waals surface area (Å²) in [7, 11) is 3.20. The Morgan fingerprint density at radius 2 is 1.78 bits per heavy atom. The van der Waals surface area contributed by atoms with Gasteiger partial charge in [0.2, 0.25) is 5.91 Å². The summed E-state index contributed by atoms with van der Waals surface area (Å²) in [5.74, 6) is 2.52. The number of amides is 1. The van der Waals surface area contributed by atoms with Crippen LogP contribution in [0.4, 0.5) is 0 Å². The second-order valence-corrected chi connectivity index (χ2v) is 7.30. The molecule has 2 aliphatic rings. The number of likely N-dealkylation sites (tertiary alicyclic amines) is 1. The first kappa shape index (κ1) is 17.8. The van der Waals surface area contributed by atoms with Gasteiger partial charge in [-0.1, -0.05) is 24.4 Å². The molecule has 0 radical (unpaired) electrons. The average Bonchev–Trinajstić information content (AvgIpc) is 3.35. The van der Waals surface area contributed by atoms with Crippen molar-refractivity contribution < 1.29 is 18.8 Å². The maximum atomic E-state index is 12.5. The molecule has 0 unspecified atom stereocenters. The lowest BCUT2D eigenvalue weighted by molar-refractivity contribution is -0.130. The lowest BCUT2D eigenvalue weighted by atomic mass is 9.94. The first-order chi connectivity index (χ1) is 13.2. The van der Waals surface area contributed by atoms with E-state index in [1.165, 1.54) is 19.3 Å². The number of benzene rings is 1. The summed E-state index contributed by atoms with van der Waals surface area (Å²) in [6.45, 7) is 0.684. The number of ether oxygens (including phenoxy) is 2. The molecule has 1 saturated heterocycles. The number of hydrogen-bond acceptors (Lipinski definition) is 6. The Labute approximate surface area is 158 Å². The molecule has 144 valence electrons. The first-order valence-electron chi connectivity index (χ1n) is 9.54. The van der Waals surface area contributed by atoms with Gasteiger partial charge in [-0.25, -0.2) is 0 Å². The van der Waals surface area contributed by atoms with E-state index in [0.29, 0.717) is 42.2 Å². The van der Waals surface area contributed by atoms with E-state index in [2.05, 4.69) is 10.1 Å². The van der Waals surface area contributed by atoms with E-state index in [9.17, 15) is 4.79 Å². The number of rotatable bonds is 5. The topological polar surface area (TPSA) is 77.7 Å². The smallest absolute Gasteiger partial charge is 0.258 e. The van der Waals surface area contributed by atoms with E-state index in [4.69, 9.17) is 14.0 Å². The summed E-state index contributed by atoms with van der Waals surface area (Å²) in [5.41, 5.74) is 0.735. The number of aromatic nitrogens is 2. The van der Waals surface area contributed by atoms with Gasteiger partial charge in [0.1, 0.15) is 11.5 Å². The van der Waals surface area contributed by atoms with Crippen LogP contribution in [0.25, 0.3) is 11.5 Å². The zero-order valence-corrected chi connectivity index (χ0v) is 15.8. The summed E-state index contributed by atoms with van der Waals surface area (Å²) in [6.07, 6.45) is 6.38. The molecule has 27 heavy (non-hydrogen) atoms. The zero-order chi connectivity index (χ0) is 18.8. The largest absolute Gasteiger partial charge is 0.497 e. The van der Waals surface area contributed by atoms with Crippen LogP contribution in [0.3, 0.4) is 0 Å². The summed E-state index contributed by atoms with van der Waals surface area (Å²) >= 11 is 0. The average molecular weight is 371 g/mol. The standard InChI is InChI=1S/C20H25N3O4/c1-25-16-8-13(9-17(11-16)26-2)20-21-19(22-27-20)14-10-18(24)23(12-14)15-6-4-3-5-7-15/h8-9,11,14-15H,3-7,10,12H2,1-2H3/t14-/m1/s1. The Morgan fingerprint density at radius 1 is 1.07 bits per heavy atom. The van der Waals surface area contributed by atoms with Gasteiger partial charge < -0.3 is 18.9 Å². The van der Waals surface area contributed by atoms with Crippen molar-refractivity contribution in [2.45, 2.75) is 50.5 Å². The molecule has 0 spiro atoms. The predicted molar refractivity (Wildman–Crippen MR) is 98.8 cm³/mol. The van der Waals surface area contributed by atoms with Gasteiger partial charge in [-0.3, -0.25) is 4.79 Å². The van der Waals surface area contributed by atoms with Gasteiger partial charge in [-0.05, 0) is 25.0 Å². The van der Waals surface area contributed by atoms with Crippen molar-refractivity contribution in [2.75, 3.05) is 20.8 Å². The fourth-order valence-corrected chi connectivity index (χ4v) is 4.10. The van der Waals surface area contributed by atoms with E-state index in [1.807, 2.05) is 17.0 Å². The predicted octanol–water partition coefficient (Wildman–Crippen LogP) is 3.40. The Hall–Kier alpha value is -2.57. The molecule has 1 saturated carbocycles. The van der Waals surface area contributed by atoms with Crippen molar-refractivity contribution >= 4 is 5.91 Å². The highest BCUT2D eigenvalue weighted by Crippen LogP contribution is 2.34. The third-order valence-corrected chi connectivity index (χ3v) is 5.58. The summed E-state index contributed by atoms with van der Waals surface area (Å²) in [4.78, 5) is 19.1. The Bertz CT molecular complexity index is 791. The Morgan fingerprint density at radius 3 is 2.44 bits per heavy atom. The van der Waals surface area contributed by atoms with Crippen molar-refractivity contribution in [2.24, 2.45) is 0 Å². The molecule has 2 aromatic rings. The van der Waals surface area contributed by atoms with Gasteiger partial charge in [0.15, 0.2) is 5.82 Å². The summed E-state index contributed by atoms with van der Waals surface area (Å²) in [6, 6.07) is 5.82. The minimum atomic E-state index is -0.00979. The minimum Gasteiger partial charge on any atom is -0.497 e. The van der Waals surface area contributed by atoms with Crippen molar-refractivity contribution in [1.29, 1.82) is 0 Å². The van der Waals surface area contributed by atoms with Crippen LogP contribution in [0.1, 0.15) is 50.3 Å². The Balaban J connectivity index is 1.52. The summed E-state index contributed by atoms with van der Waals surface area (Å²) in [5, 5.41) is 4.15. The van der Waals surface area contributed by atoms with Crippen LogP contribution in [0.2, 0.25) is 0 Å². The van der Waals surface area contributed by atoms with Crippen LogP contribution >= 0.6 is 0 Å². The molecule has 1 aliphatic heterocycles. The molecule has 2 heterocycles. The SMILES string of the molecule is COc1cc(OC)cc(-c2nc([C@@H]3CC(=O)N(C4CCCCC4)C3)no2)c1. The maximum Gasteiger partial charge on any atom is 0.258 e. The van der Waals surface area contributed by atoms with Crippen LogP contribution in [-0.2, 0) is 4.79 Å². The van der Waals surface area contributed by atoms with Gasteiger partial charge >= 0.3 is 0 Å². The van der Waals surface area contributed by atoms with Crippen molar-refractivity contribution in [3.8, 4) is 23.0 Å². The number of hydrogen-bond donors (Lipinski definition) is 0. The van der Waals surface area contributed by atoms with Gasteiger partial charge in [-0.2, -0.15) is 4.98 Å². The molecular formula is C20H25N3O4.